The third-order valence-corrected chi connectivity index (χ3v) is 3.47. The summed E-state index contributed by atoms with van der Waals surface area (Å²) in [4.78, 5) is 8.10. The van der Waals surface area contributed by atoms with Crippen LogP contribution in [0.5, 0.6) is 0 Å². The number of hydrogen-bond acceptors (Lipinski definition) is 6. The third-order valence-electron chi connectivity index (χ3n) is 3.47. The number of nitrogens with zero attached hydrogens (tertiary/aromatic N) is 3. The number of nitrogens with two attached hydrogens (primary N) is 1. The Morgan fingerprint density at radius 2 is 2.11 bits per heavy atom. The molecule has 100 valence electrons. The van der Waals surface area contributed by atoms with Gasteiger partial charge in [-0.2, -0.15) is 0 Å². The van der Waals surface area contributed by atoms with Crippen LogP contribution in [0.4, 0.5) is 5.82 Å². The van der Waals surface area contributed by atoms with Gasteiger partial charge in [0.2, 0.25) is 0 Å². The summed E-state index contributed by atoms with van der Waals surface area (Å²) >= 11 is 0. The molecule has 2 heterocycles. The molecule has 0 aromatic carbocycles. The first kappa shape index (κ1) is 12.1. The van der Waals surface area contributed by atoms with Crippen LogP contribution in [0.15, 0.2) is 30.2 Å². The number of hydrogen-bond donors (Lipinski definition) is 4. The lowest BCUT2D eigenvalue weighted by Gasteiger charge is -2.17. The number of anilines is 1. The predicted molar refractivity (Wildman–Crippen MR) is 67.3 cm³/mol. The highest BCUT2D eigenvalue weighted by molar-refractivity contribution is 5.60. The van der Waals surface area contributed by atoms with Gasteiger partial charge >= 0.3 is 0 Å². The van der Waals surface area contributed by atoms with Crippen LogP contribution >= 0.6 is 0 Å². The fraction of sp³-hybridized carbons (Fsp3) is 0.333. The van der Waals surface area contributed by atoms with E-state index in [2.05, 4.69) is 9.97 Å². The van der Waals surface area contributed by atoms with Crippen molar-refractivity contribution in [2.24, 2.45) is 0 Å². The van der Waals surface area contributed by atoms with Crippen LogP contribution in [-0.2, 0) is 0 Å². The second-order valence-corrected chi connectivity index (χ2v) is 4.55. The summed E-state index contributed by atoms with van der Waals surface area (Å²) in [6.45, 7) is -0.283. The Morgan fingerprint density at radius 3 is 2.79 bits per heavy atom. The van der Waals surface area contributed by atoms with Crippen LogP contribution in [-0.4, -0.2) is 48.5 Å². The molecule has 0 amide bonds. The van der Waals surface area contributed by atoms with Crippen molar-refractivity contribution in [2.75, 3.05) is 12.3 Å². The summed E-state index contributed by atoms with van der Waals surface area (Å²) in [7, 11) is 0. The largest absolute Gasteiger partial charge is 0.392 e. The lowest BCUT2D eigenvalue weighted by Crippen LogP contribution is -2.28. The fourth-order valence-electron chi connectivity index (χ4n) is 2.45. The lowest BCUT2D eigenvalue weighted by atomic mass is 10.0. The van der Waals surface area contributed by atoms with Crippen molar-refractivity contribution >= 4 is 11.5 Å². The number of aromatic nitrogens is 3. The molecule has 0 saturated carbocycles. The Labute approximate surface area is 108 Å². The lowest BCUT2D eigenvalue weighted by molar-refractivity contribution is 0.0397. The zero-order chi connectivity index (χ0) is 13.6. The Bertz CT molecular complexity index is 651. The van der Waals surface area contributed by atoms with Crippen molar-refractivity contribution in [3.8, 4) is 0 Å². The summed E-state index contributed by atoms with van der Waals surface area (Å²) in [5.41, 5.74) is 7.33. The quantitative estimate of drug-likeness (QED) is 0.518. The number of aliphatic hydroxyl groups excluding tert-OH is 3. The van der Waals surface area contributed by atoms with Crippen molar-refractivity contribution in [3.05, 3.63) is 35.9 Å². The number of nitrogen functional groups attached to an aromatic ring is 1. The van der Waals surface area contributed by atoms with E-state index in [0.717, 1.165) is 0 Å². The van der Waals surface area contributed by atoms with E-state index in [1.807, 2.05) is 0 Å². The van der Waals surface area contributed by atoms with E-state index >= 15 is 0 Å². The van der Waals surface area contributed by atoms with Gasteiger partial charge in [-0.25, -0.2) is 9.97 Å². The van der Waals surface area contributed by atoms with Crippen LogP contribution in [0.25, 0.3) is 5.65 Å². The summed E-state index contributed by atoms with van der Waals surface area (Å²) < 4.78 is 1.72. The SMILES string of the molecule is Nc1nccn2c([C@H]3C=C(CO)[C@@H](O)[C@H]3O)cnc12. The Hall–Kier alpha value is -1.96. The standard InChI is InChI=1S/C12H14N4O3/c13-11-12-15-4-8(16(12)2-1-14-11)7-3-6(5-17)9(18)10(7)19/h1-4,7,9-10,17-19H,5H2,(H2,13,14)/t7-,9-,10+/m1/s1. The molecule has 2 aromatic rings. The monoisotopic (exact) mass is 262 g/mol. The van der Waals surface area contributed by atoms with E-state index in [1.54, 1.807) is 29.1 Å². The van der Waals surface area contributed by atoms with Gasteiger partial charge in [-0.05, 0) is 5.57 Å². The first-order valence-corrected chi connectivity index (χ1v) is 5.88. The first-order valence-electron chi connectivity index (χ1n) is 5.88. The van der Waals surface area contributed by atoms with Crippen molar-refractivity contribution in [1.82, 2.24) is 14.4 Å². The average molecular weight is 262 g/mol. The van der Waals surface area contributed by atoms with Crippen molar-refractivity contribution < 1.29 is 15.3 Å². The number of rotatable bonds is 2. The molecule has 0 unspecified atom stereocenters. The van der Waals surface area contributed by atoms with E-state index in [-0.39, 0.29) is 6.61 Å². The van der Waals surface area contributed by atoms with Gasteiger partial charge in [0.05, 0.1) is 24.6 Å². The third kappa shape index (κ3) is 1.71. The molecule has 0 fully saturated rings. The summed E-state index contributed by atoms with van der Waals surface area (Å²) in [5.74, 6) is -0.137. The van der Waals surface area contributed by atoms with E-state index in [9.17, 15) is 10.2 Å². The van der Waals surface area contributed by atoms with Crippen LogP contribution in [0, 0.1) is 0 Å². The van der Waals surface area contributed by atoms with Crippen LogP contribution in [0.2, 0.25) is 0 Å². The van der Waals surface area contributed by atoms with Gasteiger partial charge in [-0.3, -0.25) is 4.40 Å². The normalized spacial score (nSPS) is 26.9. The highest BCUT2D eigenvalue weighted by atomic mass is 16.3. The zero-order valence-corrected chi connectivity index (χ0v) is 10.0. The van der Waals surface area contributed by atoms with Crippen LogP contribution in [0.1, 0.15) is 11.6 Å². The molecule has 2 aromatic heterocycles. The molecule has 5 N–H and O–H groups in total. The maximum Gasteiger partial charge on any atom is 0.180 e. The van der Waals surface area contributed by atoms with E-state index < -0.39 is 18.1 Å². The molecule has 0 aliphatic heterocycles. The minimum Gasteiger partial charge on any atom is -0.392 e. The fourth-order valence-corrected chi connectivity index (χ4v) is 2.45. The smallest absolute Gasteiger partial charge is 0.180 e. The number of fused-ring (bicyclic) bond motifs is 1. The van der Waals surface area contributed by atoms with Gasteiger partial charge in [0.1, 0.15) is 6.10 Å². The molecule has 0 saturated heterocycles. The summed E-state index contributed by atoms with van der Waals surface area (Å²) in [6, 6.07) is 0. The van der Waals surface area contributed by atoms with E-state index in [0.29, 0.717) is 22.7 Å². The molecule has 7 heteroatoms. The maximum absolute atomic E-state index is 10.1. The molecule has 3 rings (SSSR count). The Kier molecular flexibility index (Phi) is 2.74. The second kappa shape index (κ2) is 4.30. The van der Waals surface area contributed by atoms with E-state index in [1.165, 1.54) is 0 Å². The molecule has 3 atom stereocenters. The highest BCUT2D eigenvalue weighted by Crippen LogP contribution is 2.33. The summed E-state index contributed by atoms with van der Waals surface area (Å²) in [6.07, 6.45) is 4.43. The first-order chi connectivity index (χ1) is 9.13. The minimum atomic E-state index is -1.06. The van der Waals surface area contributed by atoms with Crippen LogP contribution < -0.4 is 5.73 Å². The zero-order valence-electron chi connectivity index (χ0n) is 10.0. The molecule has 0 bridgehead atoms. The Morgan fingerprint density at radius 1 is 1.32 bits per heavy atom. The van der Waals surface area contributed by atoms with Gasteiger partial charge < -0.3 is 21.1 Å². The predicted octanol–water partition coefficient (Wildman–Crippen LogP) is -0.951. The molecule has 1 aliphatic rings. The van der Waals surface area contributed by atoms with Crippen molar-refractivity contribution in [2.45, 2.75) is 18.1 Å². The van der Waals surface area contributed by atoms with Gasteiger partial charge in [0, 0.05) is 18.3 Å². The molecule has 7 nitrogen and oxygen atoms in total. The van der Waals surface area contributed by atoms with Gasteiger partial charge in [0.15, 0.2) is 11.5 Å². The van der Waals surface area contributed by atoms with Gasteiger partial charge in [0.25, 0.3) is 0 Å². The second-order valence-electron chi connectivity index (χ2n) is 4.55. The topological polar surface area (TPSA) is 117 Å². The number of aliphatic hydroxyl groups is 3. The summed E-state index contributed by atoms with van der Waals surface area (Å²) in [5, 5.41) is 29.0. The highest BCUT2D eigenvalue weighted by Gasteiger charge is 2.36. The molecule has 1 aliphatic carbocycles. The number of imidazole rings is 1. The van der Waals surface area contributed by atoms with Gasteiger partial charge in [-0.15, -0.1) is 0 Å². The van der Waals surface area contributed by atoms with Gasteiger partial charge in [-0.1, -0.05) is 6.08 Å². The van der Waals surface area contributed by atoms with Crippen molar-refractivity contribution in [3.63, 3.8) is 0 Å². The molecular weight excluding hydrogens is 248 g/mol. The minimum absolute atomic E-state index is 0.283. The molecule has 19 heavy (non-hydrogen) atoms. The molecular formula is C12H14N4O3. The average Bonchev–Trinajstić information content (AvgIpc) is 2.94. The van der Waals surface area contributed by atoms with Crippen LogP contribution in [0.3, 0.4) is 0 Å². The molecule has 0 radical (unpaired) electrons. The Balaban J connectivity index is 2.11. The van der Waals surface area contributed by atoms with Crippen molar-refractivity contribution in [1.29, 1.82) is 0 Å². The van der Waals surface area contributed by atoms with E-state index in [4.69, 9.17) is 10.8 Å². The molecule has 0 spiro atoms. The maximum atomic E-state index is 10.1.